The van der Waals surface area contributed by atoms with Crippen molar-refractivity contribution in [3.63, 3.8) is 0 Å². The third-order valence-electron chi connectivity index (χ3n) is 6.29. The molecule has 0 fully saturated rings. The molecule has 9 nitrogen and oxygen atoms in total. The molecule has 9 heteroatoms. The number of nitrogens with zero attached hydrogens (tertiary/aromatic N) is 3. The van der Waals surface area contributed by atoms with E-state index in [2.05, 4.69) is 10.3 Å². The molecule has 1 unspecified atom stereocenters. The molecule has 0 aliphatic rings. The molecule has 0 spiro atoms. The van der Waals surface area contributed by atoms with Crippen LogP contribution in [0.5, 0.6) is 17.2 Å². The number of ether oxygens (including phenoxy) is 2. The highest BCUT2D eigenvalue weighted by atomic mass is 16.5. The number of aliphatic hydroxyl groups is 1. The van der Waals surface area contributed by atoms with Crippen LogP contribution in [0, 0.1) is 6.92 Å². The zero-order valence-electron chi connectivity index (χ0n) is 21.8. The van der Waals surface area contributed by atoms with Crippen molar-refractivity contribution in [2.75, 3.05) is 11.9 Å². The molecular weight excluding hydrogens is 496 g/mol. The van der Waals surface area contributed by atoms with Gasteiger partial charge >= 0.3 is 0 Å². The van der Waals surface area contributed by atoms with Crippen molar-refractivity contribution in [1.29, 1.82) is 0 Å². The summed E-state index contributed by atoms with van der Waals surface area (Å²) in [5, 5.41) is 13.1. The van der Waals surface area contributed by atoms with Gasteiger partial charge in [0.2, 0.25) is 0 Å². The molecule has 0 radical (unpaired) electrons. The Labute approximate surface area is 224 Å². The molecule has 39 heavy (non-hydrogen) atoms. The number of aromatic nitrogens is 3. The first-order valence-electron chi connectivity index (χ1n) is 12.4. The van der Waals surface area contributed by atoms with Gasteiger partial charge in [-0.3, -0.25) is 19.3 Å². The number of anilines is 1. The Balaban J connectivity index is 1.32. The minimum Gasteiger partial charge on any atom is -0.491 e. The lowest BCUT2D eigenvalue weighted by molar-refractivity contribution is 0.102. The Bertz CT molecular complexity index is 1690. The van der Waals surface area contributed by atoms with Crippen LogP contribution in [0.4, 0.5) is 5.69 Å². The molecular formula is C30H28N4O5. The van der Waals surface area contributed by atoms with Crippen molar-refractivity contribution in [1.82, 2.24) is 14.3 Å². The van der Waals surface area contributed by atoms with Gasteiger partial charge in [0.1, 0.15) is 29.4 Å². The van der Waals surface area contributed by atoms with Gasteiger partial charge in [-0.25, -0.2) is 4.68 Å². The van der Waals surface area contributed by atoms with Crippen molar-refractivity contribution in [2.45, 2.75) is 20.0 Å². The van der Waals surface area contributed by atoms with Gasteiger partial charge in [-0.05, 0) is 68.4 Å². The smallest absolute Gasteiger partial charge is 0.284 e. The van der Waals surface area contributed by atoms with Crippen LogP contribution < -0.4 is 20.3 Å². The Morgan fingerprint density at radius 2 is 1.74 bits per heavy atom. The van der Waals surface area contributed by atoms with E-state index in [4.69, 9.17) is 9.47 Å². The number of aliphatic hydroxyl groups excluding tert-OH is 1. The van der Waals surface area contributed by atoms with Crippen LogP contribution in [0.2, 0.25) is 0 Å². The summed E-state index contributed by atoms with van der Waals surface area (Å²) < 4.78 is 14.8. The quantitative estimate of drug-likeness (QED) is 0.301. The van der Waals surface area contributed by atoms with Crippen LogP contribution >= 0.6 is 0 Å². The van der Waals surface area contributed by atoms with Crippen molar-refractivity contribution >= 4 is 22.5 Å². The first-order valence-corrected chi connectivity index (χ1v) is 12.4. The molecule has 5 rings (SSSR count). The van der Waals surface area contributed by atoms with Crippen LogP contribution in [0.15, 0.2) is 89.9 Å². The highest BCUT2D eigenvalue weighted by molar-refractivity contribution is 6.05. The number of nitrogens with one attached hydrogen (secondary N) is 1. The maximum atomic E-state index is 13.1. The molecule has 1 amide bonds. The number of hydrogen-bond donors (Lipinski definition) is 2. The maximum absolute atomic E-state index is 13.1. The average molecular weight is 525 g/mol. The van der Waals surface area contributed by atoms with E-state index in [0.717, 1.165) is 5.39 Å². The topological polar surface area (TPSA) is 108 Å². The summed E-state index contributed by atoms with van der Waals surface area (Å²) >= 11 is 0. The lowest BCUT2D eigenvalue weighted by atomic mass is 10.2. The fraction of sp³-hybridized carbons (Fsp3) is 0.167. The number of amides is 1. The Morgan fingerprint density at radius 3 is 2.46 bits per heavy atom. The molecule has 2 aromatic heterocycles. The van der Waals surface area contributed by atoms with Gasteiger partial charge < -0.3 is 19.9 Å². The molecule has 2 heterocycles. The summed E-state index contributed by atoms with van der Waals surface area (Å²) in [7, 11) is 1.75. The van der Waals surface area contributed by atoms with Crippen molar-refractivity contribution in [3.8, 4) is 22.9 Å². The zero-order chi connectivity index (χ0) is 27.5. The first-order chi connectivity index (χ1) is 18.8. The van der Waals surface area contributed by atoms with E-state index < -0.39 is 12.0 Å². The van der Waals surface area contributed by atoms with E-state index in [9.17, 15) is 14.7 Å². The second-order valence-corrected chi connectivity index (χ2v) is 9.17. The first kappa shape index (κ1) is 25.7. The van der Waals surface area contributed by atoms with E-state index >= 15 is 0 Å². The van der Waals surface area contributed by atoms with Crippen LogP contribution in [-0.2, 0) is 7.05 Å². The average Bonchev–Trinajstić information content (AvgIpc) is 3.16. The van der Waals surface area contributed by atoms with Crippen molar-refractivity contribution < 1.29 is 19.4 Å². The van der Waals surface area contributed by atoms with E-state index in [1.165, 1.54) is 4.68 Å². The van der Waals surface area contributed by atoms with Crippen LogP contribution in [0.1, 0.15) is 23.0 Å². The number of carbonyl (C=O) groups excluding carboxylic acids is 1. The van der Waals surface area contributed by atoms with Gasteiger partial charge in [-0.1, -0.05) is 18.2 Å². The molecule has 0 bridgehead atoms. The van der Waals surface area contributed by atoms with E-state index in [-0.39, 0.29) is 17.7 Å². The van der Waals surface area contributed by atoms with Gasteiger partial charge in [-0.2, -0.15) is 0 Å². The largest absolute Gasteiger partial charge is 0.491 e. The number of hydrogen-bond acceptors (Lipinski definition) is 6. The lowest BCUT2D eigenvalue weighted by Gasteiger charge is -2.12. The summed E-state index contributed by atoms with van der Waals surface area (Å²) in [5.74, 6) is 1.31. The van der Waals surface area contributed by atoms with Gasteiger partial charge in [0.05, 0.1) is 23.0 Å². The monoisotopic (exact) mass is 524 g/mol. The molecule has 0 saturated heterocycles. The number of pyridine rings is 1. The zero-order valence-corrected chi connectivity index (χ0v) is 21.8. The third-order valence-corrected chi connectivity index (χ3v) is 6.29. The number of carbonyl (C=O) groups is 1. The second kappa shape index (κ2) is 10.8. The van der Waals surface area contributed by atoms with Crippen LogP contribution in [0.25, 0.3) is 16.6 Å². The van der Waals surface area contributed by atoms with Crippen LogP contribution in [-0.4, -0.2) is 38.1 Å². The normalized spacial score (nSPS) is 11.8. The van der Waals surface area contributed by atoms with Crippen molar-refractivity contribution in [2.24, 2.45) is 7.05 Å². The fourth-order valence-corrected chi connectivity index (χ4v) is 4.25. The van der Waals surface area contributed by atoms with Gasteiger partial charge in [0, 0.05) is 30.4 Å². The molecule has 2 N–H and O–H groups in total. The predicted molar refractivity (Wildman–Crippen MR) is 149 cm³/mol. The standard InChI is InChI=1S/C30H28N4O5/c1-19(35)18-38-24-13-14-25-26(17-24)31-16-15-27(25)39-23-11-9-21(10-12-23)32-29(36)28-20(2)33(3)34(30(28)37)22-7-5-4-6-8-22/h4-17,19,35H,18H2,1-3H3,(H,32,36). The number of rotatable bonds is 8. The van der Waals surface area contributed by atoms with Gasteiger partial charge in [0.15, 0.2) is 0 Å². The SMILES string of the molecule is Cc1c(C(=O)Nc2ccc(Oc3ccnc4cc(OCC(C)O)ccc34)cc2)c(=O)n(-c2ccccc2)n1C. The lowest BCUT2D eigenvalue weighted by Crippen LogP contribution is -2.25. The Kier molecular flexibility index (Phi) is 7.16. The summed E-state index contributed by atoms with van der Waals surface area (Å²) in [4.78, 5) is 30.6. The minimum absolute atomic E-state index is 0.0849. The summed E-state index contributed by atoms with van der Waals surface area (Å²) in [6, 6.07) is 23.3. The summed E-state index contributed by atoms with van der Waals surface area (Å²) in [5.41, 5.74) is 2.16. The summed E-state index contributed by atoms with van der Waals surface area (Å²) in [6.45, 7) is 3.60. The highest BCUT2D eigenvalue weighted by Gasteiger charge is 2.22. The second-order valence-electron chi connectivity index (χ2n) is 9.17. The Morgan fingerprint density at radius 1 is 1.03 bits per heavy atom. The Hall–Kier alpha value is -4.89. The summed E-state index contributed by atoms with van der Waals surface area (Å²) in [6.07, 6.45) is 1.08. The highest BCUT2D eigenvalue weighted by Crippen LogP contribution is 2.31. The van der Waals surface area contributed by atoms with Gasteiger partial charge in [0.25, 0.3) is 11.5 Å². The minimum atomic E-state index is -0.569. The predicted octanol–water partition coefficient (Wildman–Crippen LogP) is 4.84. The molecule has 198 valence electrons. The number of para-hydroxylation sites is 1. The fourth-order valence-electron chi connectivity index (χ4n) is 4.25. The van der Waals surface area contributed by atoms with Gasteiger partial charge in [-0.15, -0.1) is 0 Å². The number of benzene rings is 3. The third kappa shape index (κ3) is 5.39. The maximum Gasteiger partial charge on any atom is 0.284 e. The van der Waals surface area contributed by atoms with Crippen molar-refractivity contribution in [3.05, 3.63) is 107 Å². The molecule has 0 saturated carbocycles. The van der Waals surface area contributed by atoms with E-state index in [1.54, 1.807) is 74.2 Å². The molecule has 5 aromatic rings. The molecule has 0 aliphatic carbocycles. The molecule has 1 atom stereocenters. The number of fused-ring (bicyclic) bond motifs is 1. The van der Waals surface area contributed by atoms with E-state index in [1.807, 2.05) is 36.4 Å². The van der Waals surface area contributed by atoms with E-state index in [0.29, 0.717) is 39.8 Å². The molecule has 0 aliphatic heterocycles. The van der Waals surface area contributed by atoms with Crippen LogP contribution in [0.3, 0.4) is 0 Å². The molecule has 3 aromatic carbocycles.